The zero-order chi connectivity index (χ0) is 13.3. The Morgan fingerprint density at radius 2 is 1.78 bits per heavy atom. The fraction of sp³-hybridized carbons (Fsp3) is 0.625. The van der Waals surface area contributed by atoms with Gasteiger partial charge in [-0.2, -0.15) is 0 Å². The molecule has 0 bridgehead atoms. The highest BCUT2D eigenvalue weighted by Gasteiger charge is 2.44. The fourth-order valence-corrected chi connectivity index (χ4v) is 3.48. The first-order valence-corrected chi connectivity index (χ1v) is 6.91. The van der Waals surface area contributed by atoms with E-state index < -0.39 is 6.17 Å². The summed E-state index contributed by atoms with van der Waals surface area (Å²) in [6.45, 7) is 7.19. The molecule has 1 fully saturated rings. The second kappa shape index (κ2) is 5.40. The van der Waals surface area contributed by atoms with Crippen molar-refractivity contribution in [2.24, 2.45) is 11.8 Å². The molecule has 1 heterocycles. The van der Waals surface area contributed by atoms with Crippen LogP contribution >= 0.6 is 0 Å². The summed E-state index contributed by atoms with van der Waals surface area (Å²) in [6, 6.07) is 10.5. The number of hydrogen-bond acceptors (Lipinski definition) is 1. The van der Waals surface area contributed by atoms with Gasteiger partial charge in [0, 0.05) is 18.5 Å². The predicted octanol–water partition coefficient (Wildman–Crippen LogP) is 3.71. The van der Waals surface area contributed by atoms with Crippen LogP contribution in [0, 0.1) is 11.8 Å². The van der Waals surface area contributed by atoms with E-state index in [9.17, 15) is 4.39 Å². The lowest BCUT2D eigenvalue weighted by molar-refractivity contribution is 0.174. The van der Waals surface area contributed by atoms with E-state index >= 15 is 0 Å². The Balaban J connectivity index is 2.36. The average molecular weight is 249 g/mol. The van der Waals surface area contributed by atoms with Crippen LogP contribution in [0.3, 0.4) is 0 Å². The first kappa shape index (κ1) is 13.5. The molecule has 1 saturated heterocycles. The molecule has 0 amide bonds. The number of nitrogens with zero attached hydrogens (tertiary/aromatic N) is 1. The molecule has 1 aliphatic rings. The number of rotatable bonds is 3. The summed E-state index contributed by atoms with van der Waals surface area (Å²) >= 11 is 0. The molecule has 100 valence electrons. The molecular formula is C16H24FN. The van der Waals surface area contributed by atoms with Gasteiger partial charge in [0.05, 0.1) is 0 Å². The van der Waals surface area contributed by atoms with Crippen LogP contribution in [0.4, 0.5) is 4.39 Å². The van der Waals surface area contributed by atoms with Crippen molar-refractivity contribution in [1.82, 2.24) is 4.90 Å². The number of likely N-dealkylation sites (N-methyl/N-ethyl adjacent to an activating group) is 1. The van der Waals surface area contributed by atoms with Crippen LogP contribution in [0.2, 0.25) is 0 Å². The van der Waals surface area contributed by atoms with E-state index in [1.807, 2.05) is 6.07 Å². The Labute approximate surface area is 110 Å². The van der Waals surface area contributed by atoms with Crippen LogP contribution in [0.15, 0.2) is 30.3 Å². The molecule has 0 spiro atoms. The molecule has 1 unspecified atom stereocenters. The van der Waals surface area contributed by atoms with Crippen LogP contribution in [0.5, 0.6) is 0 Å². The number of hydrogen-bond donors (Lipinski definition) is 0. The molecule has 0 N–H and O–H groups in total. The zero-order valence-corrected chi connectivity index (χ0v) is 11.8. The van der Waals surface area contributed by atoms with Crippen molar-refractivity contribution in [3.05, 3.63) is 35.9 Å². The van der Waals surface area contributed by atoms with Crippen LogP contribution in [-0.2, 0) is 0 Å². The lowest BCUT2D eigenvalue weighted by Crippen LogP contribution is -2.36. The second-order valence-electron chi connectivity index (χ2n) is 5.95. The lowest BCUT2D eigenvalue weighted by Gasteiger charge is -2.29. The number of halogens is 1. The summed E-state index contributed by atoms with van der Waals surface area (Å²) in [5.41, 5.74) is 1.29. The maximum Gasteiger partial charge on any atom is 0.113 e. The van der Waals surface area contributed by atoms with Gasteiger partial charge in [0.25, 0.3) is 0 Å². The Kier molecular flexibility index (Phi) is 4.06. The SMILES string of the molecule is CC(F)[C@@H]1[C@@H](c2ccccc2)[C@H](C(C)C)CN1C. The van der Waals surface area contributed by atoms with E-state index in [1.54, 1.807) is 6.92 Å². The molecule has 18 heavy (non-hydrogen) atoms. The molecule has 0 saturated carbocycles. The molecule has 2 heteroatoms. The molecule has 2 rings (SSSR count). The predicted molar refractivity (Wildman–Crippen MR) is 74.5 cm³/mol. The minimum absolute atomic E-state index is 0.0137. The maximum absolute atomic E-state index is 14.0. The van der Waals surface area contributed by atoms with E-state index in [0.29, 0.717) is 17.8 Å². The highest BCUT2D eigenvalue weighted by atomic mass is 19.1. The van der Waals surface area contributed by atoms with Crippen molar-refractivity contribution in [2.45, 2.75) is 38.9 Å². The zero-order valence-electron chi connectivity index (χ0n) is 11.8. The summed E-state index contributed by atoms with van der Waals surface area (Å²) < 4.78 is 14.0. The van der Waals surface area contributed by atoms with Gasteiger partial charge in [-0.25, -0.2) is 4.39 Å². The van der Waals surface area contributed by atoms with E-state index in [1.165, 1.54) is 5.56 Å². The summed E-state index contributed by atoms with van der Waals surface area (Å²) in [5, 5.41) is 0. The third-order valence-corrected chi connectivity index (χ3v) is 4.35. The van der Waals surface area contributed by atoms with Gasteiger partial charge in [0.2, 0.25) is 0 Å². The van der Waals surface area contributed by atoms with E-state index in [2.05, 4.69) is 50.1 Å². The lowest BCUT2D eigenvalue weighted by atomic mass is 9.77. The largest absolute Gasteiger partial charge is 0.300 e. The minimum Gasteiger partial charge on any atom is -0.300 e. The molecule has 0 aromatic heterocycles. The topological polar surface area (TPSA) is 3.24 Å². The average Bonchev–Trinajstić information content (AvgIpc) is 2.68. The number of likely N-dealkylation sites (tertiary alicyclic amines) is 1. The van der Waals surface area contributed by atoms with Gasteiger partial charge in [0.1, 0.15) is 6.17 Å². The summed E-state index contributed by atoms with van der Waals surface area (Å²) in [6.07, 6.45) is -0.788. The Bertz CT molecular complexity index is 374. The summed E-state index contributed by atoms with van der Waals surface area (Å²) in [7, 11) is 2.05. The van der Waals surface area contributed by atoms with Crippen molar-refractivity contribution in [3.63, 3.8) is 0 Å². The minimum atomic E-state index is -0.788. The summed E-state index contributed by atoms with van der Waals surface area (Å²) in [5.74, 6) is 1.44. The van der Waals surface area contributed by atoms with E-state index in [-0.39, 0.29) is 6.04 Å². The van der Waals surface area contributed by atoms with Gasteiger partial charge in [-0.05, 0) is 31.4 Å². The molecule has 0 radical (unpaired) electrons. The van der Waals surface area contributed by atoms with Crippen molar-refractivity contribution < 1.29 is 4.39 Å². The van der Waals surface area contributed by atoms with Gasteiger partial charge in [0.15, 0.2) is 0 Å². The first-order valence-electron chi connectivity index (χ1n) is 6.91. The van der Waals surface area contributed by atoms with Crippen molar-refractivity contribution in [1.29, 1.82) is 0 Å². The molecule has 1 nitrogen and oxygen atoms in total. The number of alkyl halides is 1. The highest BCUT2D eigenvalue weighted by Crippen LogP contribution is 2.42. The van der Waals surface area contributed by atoms with Crippen LogP contribution < -0.4 is 0 Å². The van der Waals surface area contributed by atoms with Crippen molar-refractivity contribution >= 4 is 0 Å². The maximum atomic E-state index is 14.0. The molecule has 1 aromatic carbocycles. The Morgan fingerprint density at radius 3 is 2.28 bits per heavy atom. The normalized spacial score (nSPS) is 30.9. The van der Waals surface area contributed by atoms with Gasteiger partial charge >= 0.3 is 0 Å². The standard InChI is InChI=1S/C16H24FN/c1-11(2)14-10-18(4)16(12(3)17)15(14)13-8-6-5-7-9-13/h5-9,11-12,14-16H,10H2,1-4H3/t12?,14-,15-,16+/m0/s1. The van der Waals surface area contributed by atoms with Gasteiger partial charge in [-0.15, -0.1) is 0 Å². The quantitative estimate of drug-likeness (QED) is 0.789. The molecule has 1 aliphatic heterocycles. The van der Waals surface area contributed by atoms with Crippen LogP contribution in [-0.4, -0.2) is 30.7 Å². The number of benzene rings is 1. The molecular weight excluding hydrogens is 225 g/mol. The third-order valence-electron chi connectivity index (χ3n) is 4.35. The van der Waals surface area contributed by atoms with E-state index in [4.69, 9.17) is 0 Å². The van der Waals surface area contributed by atoms with Gasteiger partial charge in [-0.3, -0.25) is 4.90 Å². The molecule has 1 aromatic rings. The van der Waals surface area contributed by atoms with Crippen LogP contribution in [0.25, 0.3) is 0 Å². The van der Waals surface area contributed by atoms with Crippen LogP contribution in [0.1, 0.15) is 32.3 Å². The summed E-state index contributed by atoms with van der Waals surface area (Å²) in [4.78, 5) is 2.20. The van der Waals surface area contributed by atoms with Crippen molar-refractivity contribution in [3.8, 4) is 0 Å². The van der Waals surface area contributed by atoms with Gasteiger partial charge < -0.3 is 0 Å². The molecule has 4 atom stereocenters. The Hall–Kier alpha value is -0.890. The smallest absolute Gasteiger partial charge is 0.113 e. The second-order valence-corrected chi connectivity index (χ2v) is 5.95. The molecule has 0 aliphatic carbocycles. The monoisotopic (exact) mass is 249 g/mol. The Morgan fingerprint density at radius 1 is 1.17 bits per heavy atom. The third kappa shape index (κ3) is 2.44. The fourth-order valence-electron chi connectivity index (χ4n) is 3.48. The van der Waals surface area contributed by atoms with E-state index in [0.717, 1.165) is 6.54 Å². The first-order chi connectivity index (χ1) is 8.52. The van der Waals surface area contributed by atoms with Gasteiger partial charge in [-0.1, -0.05) is 44.2 Å². The highest BCUT2D eigenvalue weighted by molar-refractivity contribution is 5.25. The van der Waals surface area contributed by atoms with Crippen molar-refractivity contribution in [2.75, 3.05) is 13.6 Å².